The molecule has 2 aliphatic rings. The van der Waals surface area contributed by atoms with E-state index in [4.69, 9.17) is 13.9 Å². The minimum Gasteiger partial charge on any atom is -0.465 e. The Labute approximate surface area is 141 Å². The van der Waals surface area contributed by atoms with Crippen LogP contribution in [0.15, 0.2) is 34.7 Å². The third kappa shape index (κ3) is 3.01. The fraction of sp³-hybridized carbons (Fsp3) is 0.474. The molecule has 3 heterocycles. The molecule has 1 N–H and O–H groups in total. The van der Waals surface area contributed by atoms with Crippen LogP contribution in [0.3, 0.4) is 0 Å². The number of β-amino-alcohol motifs (C(OH)–C–C–N with tert-alkyl or cyclic N) is 1. The van der Waals surface area contributed by atoms with Gasteiger partial charge in [0.05, 0.1) is 12.6 Å². The van der Waals surface area contributed by atoms with Crippen LogP contribution >= 0.6 is 0 Å². The highest BCUT2D eigenvalue weighted by atomic mass is 16.7. The second kappa shape index (κ2) is 6.49. The number of fused-ring (bicyclic) bond motifs is 1. The summed E-state index contributed by atoms with van der Waals surface area (Å²) in [6.45, 7) is 4.72. The van der Waals surface area contributed by atoms with Crippen molar-refractivity contribution in [3.63, 3.8) is 0 Å². The molecule has 2 aromatic rings. The maximum Gasteiger partial charge on any atom is 0.231 e. The van der Waals surface area contributed by atoms with E-state index in [9.17, 15) is 5.11 Å². The number of nitrogens with zero attached hydrogens (tertiary/aromatic N) is 1. The van der Waals surface area contributed by atoms with Crippen molar-refractivity contribution < 1.29 is 19.0 Å². The zero-order valence-corrected chi connectivity index (χ0v) is 13.9. The van der Waals surface area contributed by atoms with Gasteiger partial charge in [0.25, 0.3) is 0 Å². The summed E-state index contributed by atoms with van der Waals surface area (Å²) in [6.07, 6.45) is 1.44. The number of rotatable bonds is 4. The average molecular weight is 329 g/mol. The van der Waals surface area contributed by atoms with Crippen molar-refractivity contribution in [3.05, 3.63) is 47.4 Å². The van der Waals surface area contributed by atoms with Gasteiger partial charge in [0, 0.05) is 18.9 Å². The van der Waals surface area contributed by atoms with Crippen molar-refractivity contribution in [3.8, 4) is 11.5 Å². The van der Waals surface area contributed by atoms with Crippen molar-refractivity contribution in [1.82, 2.24) is 4.90 Å². The van der Waals surface area contributed by atoms with Crippen LogP contribution in [0.25, 0.3) is 0 Å². The fourth-order valence-electron chi connectivity index (χ4n) is 3.59. The first-order valence-electron chi connectivity index (χ1n) is 8.60. The molecule has 0 spiro atoms. The molecule has 24 heavy (non-hydrogen) atoms. The quantitative estimate of drug-likeness (QED) is 0.935. The van der Waals surface area contributed by atoms with Gasteiger partial charge in [-0.25, -0.2) is 0 Å². The van der Waals surface area contributed by atoms with Crippen molar-refractivity contribution in [2.75, 3.05) is 19.9 Å². The third-order valence-electron chi connectivity index (χ3n) is 4.94. The van der Waals surface area contributed by atoms with Gasteiger partial charge >= 0.3 is 0 Å². The second-order valence-corrected chi connectivity index (χ2v) is 6.53. The summed E-state index contributed by atoms with van der Waals surface area (Å²) in [4.78, 5) is 2.26. The zero-order chi connectivity index (χ0) is 16.5. The Morgan fingerprint density at radius 2 is 1.96 bits per heavy atom. The van der Waals surface area contributed by atoms with E-state index >= 15 is 0 Å². The van der Waals surface area contributed by atoms with E-state index < -0.39 is 0 Å². The lowest BCUT2D eigenvalue weighted by atomic mass is 9.87. The second-order valence-electron chi connectivity index (χ2n) is 6.53. The standard InChI is InChI=1S/C19H23NO4/c1-2-14-4-5-15(24-14)10-20-8-7-16(17(21)11-20)13-3-6-18-19(9-13)23-12-22-18/h3-6,9,16-17,21H,2,7-8,10-12H2,1H3/t16-,17+/m0/s1. The summed E-state index contributed by atoms with van der Waals surface area (Å²) in [5, 5.41) is 10.6. The number of hydrogen-bond acceptors (Lipinski definition) is 5. The summed E-state index contributed by atoms with van der Waals surface area (Å²) < 4.78 is 16.6. The Bertz CT molecular complexity index is 711. The Hall–Kier alpha value is -1.98. The molecular formula is C19H23NO4. The number of aliphatic hydroxyl groups is 1. The topological polar surface area (TPSA) is 55.1 Å². The van der Waals surface area contributed by atoms with Gasteiger partial charge in [0.1, 0.15) is 11.5 Å². The molecule has 0 saturated carbocycles. The van der Waals surface area contributed by atoms with E-state index in [2.05, 4.69) is 11.8 Å². The first kappa shape index (κ1) is 15.5. The SMILES string of the molecule is CCc1ccc(CN2CC[C@@H](c3ccc4c(c3)OCO4)[C@H](O)C2)o1. The fourth-order valence-corrected chi connectivity index (χ4v) is 3.59. The molecule has 1 aromatic heterocycles. The van der Waals surface area contributed by atoms with Crippen LogP contribution in [0, 0.1) is 0 Å². The van der Waals surface area contributed by atoms with Crippen molar-refractivity contribution in [2.24, 2.45) is 0 Å². The first-order chi connectivity index (χ1) is 11.7. The van der Waals surface area contributed by atoms with Crippen molar-refractivity contribution >= 4 is 0 Å². The number of aliphatic hydroxyl groups excluding tert-OH is 1. The molecule has 5 nitrogen and oxygen atoms in total. The number of furan rings is 1. The van der Waals surface area contributed by atoms with Crippen LogP contribution in [0.4, 0.5) is 0 Å². The minimum absolute atomic E-state index is 0.138. The van der Waals surface area contributed by atoms with Crippen LogP contribution in [-0.4, -0.2) is 36.0 Å². The number of hydrogen-bond donors (Lipinski definition) is 1. The Morgan fingerprint density at radius 3 is 2.75 bits per heavy atom. The van der Waals surface area contributed by atoms with Crippen LogP contribution in [0.1, 0.15) is 36.3 Å². The maximum absolute atomic E-state index is 10.6. The Kier molecular flexibility index (Phi) is 4.21. The molecule has 2 atom stereocenters. The van der Waals surface area contributed by atoms with E-state index in [1.807, 2.05) is 30.3 Å². The van der Waals surface area contributed by atoms with Gasteiger partial charge in [-0.3, -0.25) is 4.90 Å². The van der Waals surface area contributed by atoms with Gasteiger partial charge < -0.3 is 19.0 Å². The first-order valence-corrected chi connectivity index (χ1v) is 8.60. The molecule has 0 bridgehead atoms. The van der Waals surface area contributed by atoms with E-state index in [1.54, 1.807) is 0 Å². The summed E-state index contributed by atoms with van der Waals surface area (Å²) in [6, 6.07) is 10.1. The zero-order valence-electron chi connectivity index (χ0n) is 13.9. The molecule has 2 aliphatic heterocycles. The molecule has 4 rings (SSSR count). The number of benzene rings is 1. The van der Waals surface area contributed by atoms with Gasteiger partial charge in [-0.2, -0.15) is 0 Å². The van der Waals surface area contributed by atoms with E-state index in [-0.39, 0.29) is 18.8 Å². The molecule has 128 valence electrons. The average Bonchev–Trinajstić information content (AvgIpc) is 3.23. The van der Waals surface area contributed by atoms with Gasteiger partial charge in [-0.15, -0.1) is 0 Å². The van der Waals surface area contributed by atoms with Gasteiger partial charge in [-0.05, 0) is 42.8 Å². The number of piperidine rings is 1. The molecule has 0 aliphatic carbocycles. The molecule has 5 heteroatoms. The van der Waals surface area contributed by atoms with E-state index in [0.29, 0.717) is 6.54 Å². The Balaban J connectivity index is 1.41. The lowest BCUT2D eigenvalue weighted by Crippen LogP contribution is -2.42. The molecule has 1 saturated heterocycles. The van der Waals surface area contributed by atoms with Gasteiger partial charge in [0.2, 0.25) is 6.79 Å². The van der Waals surface area contributed by atoms with Crippen LogP contribution in [-0.2, 0) is 13.0 Å². The highest BCUT2D eigenvalue weighted by Crippen LogP contribution is 2.37. The van der Waals surface area contributed by atoms with Crippen molar-refractivity contribution in [2.45, 2.75) is 38.3 Å². The molecule has 1 aromatic carbocycles. The van der Waals surface area contributed by atoms with Crippen LogP contribution < -0.4 is 9.47 Å². The van der Waals surface area contributed by atoms with Crippen molar-refractivity contribution in [1.29, 1.82) is 0 Å². The summed E-state index contributed by atoms with van der Waals surface area (Å²) >= 11 is 0. The highest BCUT2D eigenvalue weighted by molar-refractivity contribution is 5.45. The van der Waals surface area contributed by atoms with Crippen LogP contribution in [0.5, 0.6) is 11.5 Å². The monoisotopic (exact) mass is 329 g/mol. The normalized spacial score (nSPS) is 23.6. The molecule has 1 fully saturated rings. The summed E-state index contributed by atoms with van der Waals surface area (Å²) in [5.74, 6) is 3.69. The summed E-state index contributed by atoms with van der Waals surface area (Å²) in [7, 11) is 0. The maximum atomic E-state index is 10.6. The predicted molar refractivity (Wildman–Crippen MR) is 89.3 cm³/mol. The molecule has 0 radical (unpaired) electrons. The largest absolute Gasteiger partial charge is 0.465 e. The molecular weight excluding hydrogens is 306 g/mol. The summed E-state index contributed by atoms with van der Waals surface area (Å²) in [5.41, 5.74) is 1.12. The highest BCUT2D eigenvalue weighted by Gasteiger charge is 2.30. The number of likely N-dealkylation sites (tertiary alicyclic amines) is 1. The smallest absolute Gasteiger partial charge is 0.231 e. The predicted octanol–water partition coefficient (Wildman–Crippen LogP) is 2.92. The minimum atomic E-state index is -0.389. The van der Waals surface area contributed by atoms with Gasteiger partial charge in [-0.1, -0.05) is 13.0 Å². The lowest BCUT2D eigenvalue weighted by molar-refractivity contribution is 0.0445. The van der Waals surface area contributed by atoms with Gasteiger partial charge in [0.15, 0.2) is 11.5 Å². The number of ether oxygens (including phenoxy) is 2. The Morgan fingerprint density at radius 1 is 1.12 bits per heavy atom. The lowest BCUT2D eigenvalue weighted by Gasteiger charge is -2.35. The molecule has 0 unspecified atom stereocenters. The van der Waals surface area contributed by atoms with E-state index in [0.717, 1.165) is 54.5 Å². The molecule has 0 amide bonds. The third-order valence-corrected chi connectivity index (χ3v) is 4.94. The van der Waals surface area contributed by atoms with Crippen LogP contribution in [0.2, 0.25) is 0 Å². The van der Waals surface area contributed by atoms with E-state index in [1.165, 1.54) is 0 Å². The number of aryl methyl sites for hydroxylation is 1.